The fourth-order valence-corrected chi connectivity index (χ4v) is 16.6. The molecule has 0 aliphatic carbocycles. The number of aliphatic hydroxyl groups excluding tert-OH is 4. The summed E-state index contributed by atoms with van der Waals surface area (Å²) in [6.07, 6.45) is 85.1. The van der Waals surface area contributed by atoms with E-state index in [4.69, 9.17) is 0 Å². The molecule has 0 saturated carbocycles. The third-order valence-electron chi connectivity index (χ3n) is 23.5. The first kappa shape index (κ1) is 99.7. The molecule has 0 radical (unpaired) electrons. The number of carbonyl (C=O) groups is 2. The van der Waals surface area contributed by atoms with Crippen molar-refractivity contribution in [2.75, 3.05) is 45.8 Å². The lowest BCUT2D eigenvalue weighted by molar-refractivity contribution is -0.151. The smallest absolute Gasteiger partial charge is 0.245 e. The maximum absolute atomic E-state index is 14.9. The first-order chi connectivity index (χ1) is 50.5. The second kappa shape index (κ2) is 77.4. The van der Waals surface area contributed by atoms with E-state index < -0.39 is 30.4 Å². The highest BCUT2D eigenvalue weighted by Crippen LogP contribution is 2.25. The van der Waals surface area contributed by atoms with Crippen molar-refractivity contribution in [3.63, 3.8) is 0 Å². The molecule has 2 amide bonds. The molecule has 1 aliphatic rings. The monoisotopic (exact) mass is 1460 g/mol. The molecule has 103 heavy (non-hydrogen) atoms. The molecule has 0 aromatic carbocycles. The first-order valence-corrected chi connectivity index (χ1v) is 47.3. The minimum absolute atomic E-state index is 0.0486. The molecule has 10 nitrogen and oxygen atoms in total. The second-order valence-electron chi connectivity index (χ2n) is 34.2. The zero-order valence-electron chi connectivity index (χ0n) is 70.6. The van der Waals surface area contributed by atoms with Gasteiger partial charge in [-0.1, -0.05) is 427 Å². The lowest BCUT2D eigenvalue weighted by atomic mass is 9.97. The molecule has 0 spiro atoms. The van der Waals surface area contributed by atoms with E-state index in [0.717, 1.165) is 110 Å². The predicted molar refractivity (Wildman–Crippen MR) is 450 cm³/mol. The van der Waals surface area contributed by atoms with Crippen LogP contribution < -0.4 is 5.32 Å². The Kier molecular flexibility index (Phi) is 75.0. The Hall–Kier alpha value is -1.30. The molecule has 1 fully saturated rings. The fraction of sp³-hybridized carbons (Fsp3) is 0.978. The zero-order chi connectivity index (χ0) is 74.8. The molecule has 7 atom stereocenters. The Bertz CT molecular complexity index is 1650. The predicted octanol–water partition coefficient (Wildman–Crippen LogP) is 26.2. The largest absolute Gasteiger partial charge is 0.392 e. The Labute approximate surface area is 644 Å². The van der Waals surface area contributed by atoms with Gasteiger partial charge < -0.3 is 35.5 Å². The average molecular weight is 1460 g/mol. The molecular weight excluding hydrogens is 1270 g/mol. The highest BCUT2D eigenvalue weighted by Gasteiger charge is 2.40. The SMILES string of the molecule is CCCCCCCCCCCCCCC(C)CN(CCCCC1NC(=O)C(CCCCN(CC(O)CCCCCCCCCCCCCC)CC(O)CCCCCCCCCCCCCC)N(CC(O)CCCCCCCCCCCCCC)C1=O)CC(O)CCCCCCCCCCCCCC. The van der Waals surface area contributed by atoms with Gasteiger partial charge in [0.05, 0.1) is 24.4 Å². The number of nitrogens with one attached hydrogen (secondary N) is 1. The van der Waals surface area contributed by atoms with E-state index in [1.54, 1.807) is 4.90 Å². The number of amides is 2. The van der Waals surface area contributed by atoms with Crippen LogP contribution in [-0.4, -0.2) is 129 Å². The van der Waals surface area contributed by atoms with Crippen molar-refractivity contribution in [1.29, 1.82) is 0 Å². The van der Waals surface area contributed by atoms with Gasteiger partial charge in [0.1, 0.15) is 12.1 Å². The van der Waals surface area contributed by atoms with Crippen LogP contribution in [0.1, 0.15) is 497 Å². The van der Waals surface area contributed by atoms with Gasteiger partial charge in [-0.15, -0.1) is 0 Å². The number of β-amino-alcohol motifs (C(OH)–C–C–N with tert-alkyl or cyclic N) is 1. The number of piperazine rings is 1. The normalized spacial score (nSPS) is 15.9. The Balaban J connectivity index is 3.09. The number of aliphatic hydroxyl groups is 4. The van der Waals surface area contributed by atoms with Crippen LogP contribution in [0.5, 0.6) is 0 Å². The van der Waals surface area contributed by atoms with Gasteiger partial charge in [-0.25, -0.2) is 0 Å². The minimum atomic E-state index is -0.679. The lowest BCUT2D eigenvalue weighted by Crippen LogP contribution is -2.64. The molecule has 7 unspecified atom stereocenters. The van der Waals surface area contributed by atoms with Crippen LogP contribution in [0.15, 0.2) is 0 Å². The fourth-order valence-electron chi connectivity index (χ4n) is 16.6. The van der Waals surface area contributed by atoms with Crippen molar-refractivity contribution in [2.24, 2.45) is 5.92 Å². The molecule has 0 bridgehead atoms. The third kappa shape index (κ3) is 65.2. The van der Waals surface area contributed by atoms with Crippen molar-refractivity contribution >= 4 is 11.8 Å². The van der Waals surface area contributed by atoms with Gasteiger partial charge in [-0.3, -0.25) is 14.5 Å². The van der Waals surface area contributed by atoms with Crippen molar-refractivity contribution < 1.29 is 30.0 Å². The molecule has 614 valence electrons. The molecule has 10 heteroatoms. The van der Waals surface area contributed by atoms with Crippen molar-refractivity contribution in [3.05, 3.63) is 0 Å². The number of rotatable bonds is 85. The number of hydrogen-bond acceptors (Lipinski definition) is 8. The summed E-state index contributed by atoms with van der Waals surface area (Å²) in [6, 6.07) is -1.24. The molecule has 1 aliphatic heterocycles. The van der Waals surface area contributed by atoms with E-state index in [9.17, 15) is 30.0 Å². The molecule has 1 heterocycles. The molecule has 1 rings (SSSR count). The van der Waals surface area contributed by atoms with Crippen LogP contribution in [-0.2, 0) is 9.59 Å². The lowest BCUT2D eigenvalue weighted by Gasteiger charge is -2.40. The molecule has 0 aromatic heterocycles. The van der Waals surface area contributed by atoms with Crippen molar-refractivity contribution in [3.8, 4) is 0 Å². The zero-order valence-corrected chi connectivity index (χ0v) is 70.6. The maximum atomic E-state index is 14.9. The van der Waals surface area contributed by atoms with E-state index >= 15 is 0 Å². The summed E-state index contributed by atoms with van der Waals surface area (Å²) in [4.78, 5) is 35.9. The van der Waals surface area contributed by atoms with E-state index in [1.807, 2.05) is 0 Å². The number of carbonyl (C=O) groups excluding carboxylic acids is 2. The molecular formula is C93H186N4O6. The Morgan fingerprint density at radius 3 is 0.806 bits per heavy atom. The van der Waals surface area contributed by atoms with E-state index in [0.29, 0.717) is 44.8 Å². The summed E-state index contributed by atoms with van der Waals surface area (Å²) in [5.74, 6) is 0.411. The van der Waals surface area contributed by atoms with Crippen molar-refractivity contribution in [2.45, 2.75) is 534 Å². The average Bonchev–Trinajstić information content (AvgIpc) is 0.805. The maximum Gasteiger partial charge on any atom is 0.245 e. The topological polar surface area (TPSA) is 137 Å². The minimum Gasteiger partial charge on any atom is -0.392 e. The number of hydrogen-bond donors (Lipinski definition) is 5. The van der Waals surface area contributed by atoms with Crippen LogP contribution in [0.4, 0.5) is 0 Å². The van der Waals surface area contributed by atoms with Crippen LogP contribution >= 0.6 is 0 Å². The first-order valence-electron chi connectivity index (χ1n) is 47.3. The number of nitrogens with zero attached hydrogens (tertiary/aromatic N) is 3. The second-order valence-corrected chi connectivity index (χ2v) is 34.2. The quantitative estimate of drug-likeness (QED) is 0.0380. The van der Waals surface area contributed by atoms with Crippen LogP contribution in [0, 0.1) is 5.92 Å². The summed E-state index contributed by atoms with van der Waals surface area (Å²) < 4.78 is 0. The summed E-state index contributed by atoms with van der Waals surface area (Å²) in [5, 5.41) is 49.5. The highest BCUT2D eigenvalue weighted by molar-refractivity contribution is 5.97. The van der Waals surface area contributed by atoms with Gasteiger partial charge in [-0.05, 0) is 89.6 Å². The standard InChI is InChI=1S/C93H186N4O6/c1-7-12-17-22-27-32-37-42-47-52-57-62-71-85(6)80-95(81-86(98)72-63-58-53-48-43-38-33-28-23-18-13-8-2)78-69-67-76-90-93(103)97(84-89(101)75-66-61-56-51-46-41-36-31-26-21-16-11-5)91(92(102)94-90)77-68-70-79-96(82-87(99)73-64-59-54-49-44-39-34-29-24-19-14-9-3)83-88(100)74-65-60-55-50-45-40-35-30-25-20-15-10-4/h85-91,98-101H,7-84H2,1-6H3,(H,94,102). The van der Waals surface area contributed by atoms with Crippen molar-refractivity contribution in [1.82, 2.24) is 20.0 Å². The van der Waals surface area contributed by atoms with E-state index in [1.165, 1.54) is 347 Å². The summed E-state index contributed by atoms with van der Waals surface area (Å²) in [5.41, 5.74) is 0. The highest BCUT2D eigenvalue weighted by atomic mass is 16.3. The Morgan fingerprint density at radius 1 is 0.291 bits per heavy atom. The summed E-state index contributed by atoms with van der Waals surface area (Å²) in [6.45, 7) is 18.4. The van der Waals surface area contributed by atoms with Crippen LogP contribution in [0.3, 0.4) is 0 Å². The molecule has 0 aromatic rings. The van der Waals surface area contributed by atoms with E-state index in [2.05, 4.69) is 56.7 Å². The van der Waals surface area contributed by atoms with Gasteiger partial charge in [0.2, 0.25) is 11.8 Å². The molecule has 1 saturated heterocycles. The van der Waals surface area contributed by atoms with Gasteiger partial charge in [-0.2, -0.15) is 0 Å². The van der Waals surface area contributed by atoms with Crippen LogP contribution in [0.2, 0.25) is 0 Å². The molecule has 5 N–H and O–H groups in total. The van der Waals surface area contributed by atoms with Gasteiger partial charge >= 0.3 is 0 Å². The number of unbranched alkanes of at least 4 members (excludes halogenated alkanes) is 57. The summed E-state index contributed by atoms with van der Waals surface area (Å²) >= 11 is 0. The van der Waals surface area contributed by atoms with Crippen LogP contribution in [0.25, 0.3) is 0 Å². The van der Waals surface area contributed by atoms with Gasteiger partial charge in [0.15, 0.2) is 0 Å². The van der Waals surface area contributed by atoms with Gasteiger partial charge in [0, 0.05) is 32.7 Å². The summed E-state index contributed by atoms with van der Waals surface area (Å²) in [7, 11) is 0. The Morgan fingerprint density at radius 2 is 0.524 bits per heavy atom. The van der Waals surface area contributed by atoms with E-state index in [-0.39, 0.29) is 24.5 Å². The van der Waals surface area contributed by atoms with Gasteiger partial charge in [0.25, 0.3) is 0 Å². The third-order valence-corrected chi connectivity index (χ3v) is 23.5.